The highest BCUT2D eigenvalue weighted by Gasteiger charge is 2.29. The number of rotatable bonds is 8. The Labute approximate surface area is 241 Å². The van der Waals surface area contributed by atoms with Crippen LogP contribution < -0.4 is 4.74 Å². The van der Waals surface area contributed by atoms with Gasteiger partial charge in [-0.2, -0.15) is 0 Å². The lowest BCUT2D eigenvalue weighted by molar-refractivity contribution is -0.118. The second-order valence-electron chi connectivity index (χ2n) is 8.78. The molecule has 0 aliphatic carbocycles. The van der Waals surface area contributed by atoms with Crippen LogP contribution in [0.4, 0.5) is 0 Å². The highest BCUT2D eigenvalue weighted by Crippen LogP contribution is 2.35. The number of ketones is 1. The Kier molecular flexibility index (Phi) is 19.5. The number of fused-ring (bicyclic) bond motifs is 1. The number of hydrogen-bond acceptors (Lipinski definition) is 2. The zero-order chi connectivity index (χ0) is 28.4. The molecule has 2 nitrogen and oxygen atoms in total. The van der Waals surface area contributed by atoms with E-state index in [4.69, 9.17) is 16.3 Å². The molecule has 0 amide bonds. The standard InChI is InChI=1S/C23H24BrClO2.C6H14.2C2H6/c1-4-14(3)21-12-17(24)6-8-20(21)19(5-2)23(26)16-10-15-11-18(25)7-9-22(15)27-13-16;1-3-5-6-4-2;2*1-2/h5-9,11-12,14,16H,4,10,13H2,1-3H3;3-6H2,1-2H3;2*1-2H3/b19-5+;;;. The first kappa shape index (κ1) is 35.4. The van der Waals surface area contributed by atoms with Gasteiger partial charge in [-0.1, -0.05) is 121 Å². The van der Waals surface area contributed by atoms with Crippen LogP contribution in [0.2, 0.25) is 5.02 Å². The van der Waals surface area contributed by atoms with Crippen molar-refractivity contribution in [3.05, 3.63) is 68.7 Å². The third-order valence-electron chi connectivity index (χ3n) is 6.26. The average Bonchev–Trinajstić information content (AvgIpc) is 2.94. The summed E-state index contributed by atoms with van der Waals surface area (Å²) in [7, 11) is 0. The Hall–Kier alpha value is -1.58. The molecular weight excluding hydrogens is 544 g/mol. The lowest BCUT2D eigenvalue weighted by atomic mass is 9.83. The number of halogens is 2. The molecule has 2 atom stereocenters. The van der Waals surface area contributed by atoms with E-state index in [1.54, 1.807) is 0 Å². The van der Waals surface area contributed by atoms with Gasteiger partial charge in [0.1, 0.15) is 5.75 Å². The number of carbonyl (C=O) groups excluding carboxylic acids is 1. The number of benzene rings is 2. The van der Waals surface area contributed by atoms with Gasteiger partial charge >= 0.3 is 0 Å². The van der Waals surface area contributed by atoms with Gasteiger partial charge in [0.25, 0.3) is 0 Å². The van der Waals surface area contributed by atoms with Crippen LogP contribution in [0.15, 0.2) is 46.9 Å². The smallest absolute Gasteiger partial charge is 0.169 e. The molecule has 1 aliphatic rings. The molecule has 0 saturated carbocycles. The fourth-order valence-corrected chi connectivity index (χ4v) is 4.66. The van der Waals surface area contributed by atoms with Crippen molar-refractivity contribution in [2.75, 3.05) is 6.61 Å². The maximum Gasteiger partial charge on any atom is 0.169 e. The van der Waals surface area contributed by atoms with Crippen LogP contribution in [0.5, 0.6) is 5.75 Å². The monoisotopic (exact) mass is 592 g/mol. The van der Waals surface area contributed by atoms with Gasteiger partial charge in [-0.25, -0.2) is 0 Å². The molecule has 2 aromatic carbocycles. The van der Waals surface area contributed by atoms with Crippen molar-refractivity contribution in [2.45, 2.75) is 107 Å². The Morgan fingerprint density at radius 3 is 2.22 bits per heavy atom. The molecular formula is C33H50BrClO2. The number of unbranched alkanes of at least 4 members (excludes halogenated alkanes) is 3. The summed E-state index contributed by atoms with van der Waals surface area (Å²) in [5, 5.41) is 0.670. The summed E-state index contributed by atoms with van der Waals surface area (Å²) in [5.74, 6) is 1.14. The van der Waals surface area contributed by atoms with Gasteiger partial charge in [0.15, 0.2) is 5.78 Å². The maximum atomic E-state index is 13.4. The van der Waals surface area contributed by atoms with E-state index < -0.39 is 0 Å². The molecule has 1 aliphatic heterocycles. The van der Waals surface area contributed by atoms with Crippen LogP contribution >= 0.6 is 27.5 Å². The molecule has 0 fully saturated rings. The van der Waals surface area contributed by atoms with Crippen molar-refractivity contribution in [1.29, 1.82) is 0 Å². The van der Waals surface area contributed by atoms with E-state index >= 15 is 0 Å². The van der Waals surface area contributed by atoms with Gasteiger partial charge in [0.2, 0.25) is 0 Å². The second kappa shape index (κ2) is 20.4. The highest BCUT2D eigenvalue weighted by molar-refractivity contribution is 9.10. The quantitative estimate of drug-likeness (QED) is 0.225. The molecule has 37 heavy (non-hydrogen) atoms. The minimum absolute atomic E-state index is 0.134. The fraction of sp³-hybridized carbons (Fsp3) is 0.545. The van der Waals surface area contributed by atoms with Crippen LogP contribution in [0.3, 0.4) is 0 Å². The first-order valence-electron chi connectivity index (χ1n) is 14.3. The minimum atomic E-state index is -0.199. The summed E-state index contributed by atoms with van der Waals surface area (Å²) in [6, 6.07) is 11.8. The Morgan fingerprint density at radius 2 is 1.68 bits per heavy atom. The third-order valence-corrected chi connectivity index (χ3v) is 6.99. The zero-order valence-electron chi connectivity index (χ0n) is 24.7. The Morgan fingerprint density at radius 1 is 1.05 bits per heavy atom. The third kappa shape index (κ3) is 11.4. The van der Waals surface area contributed by atoms with E-state index in [0.717, 1.165) is 33.3 Å². The van der Waals surface area contributed by atoms with Crippen molar-refractivity contribution >= 4 is 38.9 Å². The van der Waals surface area contributed by atoms with Crippen LogP contribution in [0.25, 0.3) is 5.57 Å². The lowest BCUT2D eigenvalue weighted by Gasteiger charge is -2.26. The van der Waals surface area contributed by atoms with E-state index in [-0.39, 0.29) is 11.7 Å². The van der Waals surface area contributed by atoms with Crippen LogP contribution in [0.1, 0.15) is 117 Å². The molecule has 3 rings (SSSR count). The molecule has 1 heterocycles. The molecule has 2 unspecified atom stereocenters. The fourth-order valence-electron chi connectivity index (χ4n) is 4.09. The van der Waals surface area contributed by atoms with E-state index in [9.17, 15) is 4.79 Å². The van der Waals surface area contributed by atoms with Crippen LogP contribution in [-0.4, -0.2) is 12.4 Å². The van der Waals surface area contributed by atoms with E-state index in [2.05, 4.69) is 49.7 Å². The number of ether oxygens (including phenoxy) is 1. The molecule has 208 valence electrons. The highest BCUT2D eigenvalue weighted by atomic mass is 79.9. The molecule has 2 aromatic rings. The molecule has 4 heteroatoms. The van der Waals surface area contributed by atoms with Crippen molar-refractivity contribution < 1.29 is 9.53 Å². The summed E-state index contributed by atoms with van der Waals surface area (Å²) in [6.45, 7) is 19.2. The number of hydrogen-bond donors (Lipinski definition) is 0. The zero-order valence-corrected chi connectivity index (χ0v) is 27.1. The van der Waals surface area contributed by atoms with Gasteiger partial charge in [0.05, 0.1) is 12.5 Å². The first-order chi connectivity index (χ1) is 17.9. The average molecular weight is 594 g/mol. The van der Waals surface area contributed by atoms with Gasteiger partial charge in [-0.15, -0.1) is 0 Å². The van der Waals surface area contributed by atoms with Crippen molar-refractivity contribution in [1.82, 2.24) is 0 Å². The van der Waals surface area contributed by atoms with E-state index in [0.29, 0.717) is 24.0 Å². The number of Topliss-reactive ketones (excluding diaryl/α,β-unsaturated/α-hetero) is 1. The summed E-state index contributed by atoms with van der Waals surface area (Å²) >= 11 is 9.69. The molecule has 0 aromatic heterocycles. The van der Waals surface area contributed by atoms with Crippen LogP contribution in [0, 0.1) is 5.92 Å². The molecule has 0 spiro atoms. The Bertz CT molecular complexity index is 947. The molecule has 0 radical (unpaired) electrons. The van der Waals surface area contributed by atoms with Gasteiger partial charge in [-0.3, -0.25) is 4.79 Å². The topological polar surface area (TPSA) is 26.3 Å². The predicted octanol–water partition coefficient (Wildman–Crippen LogP) is 11.5. The number of carbonyl (C=O) groups is 1. The summed E-state index contributed by atoms with van der Waals surface area (Å²) in [4.78, 5) is 13.4. The van der Waals surface area contributed by atoms with Crippen molar-refractivity contribution in [3.8, 4) is 5.75 Å². The summed E-state index contributed by atoms with van der Waals surface area (Å²) in [5.41, 5.74) is 4.00. The molecule has 0 bridgehead atoms. The normalized spacial score (nSPS) is 14.8. The summed E-state index contributed by atoms with van der Waals surface area (Å²) < 4.78 is 6.88. The van der Waals surface area contributed by atoms with Crippen LogP contribution in [-0.2, 0) is 11.2 Å². The molecule has 0 saturated heterocycles. The molecule has 0 N–H and O–H groups in total. The van der Waals surface area contributed by atoms with Crippen molar-refractivity contribution in [2.24, 2.45) is 5.92 Å². The lowest BCUT2D eigenvalue weighted by Crippen LogP contribution is -2.29. The van der Waals surface area contributed by atoms with Gasteiger partial charge in [-0.05, 0) is 72.7 Å². The van der Waals surface area contributed by atoms with Gasteiger partial charge in [0, 0.05) is 15.1 Å². The SMILES string of the molecule is C/C=C(/C(=O)C1COc2ccc(Cl)cc2C1)c1ccc(Br)cc1C(C)CC.CC.CC.CCCCCC. The second-order valence-corrected chi connectivity index (χ2v) is 10.1. The Balaban J connectivity index is 0.00000112. The maximum absolute atomic E-state index is 13.4. The largest absolute Gasteiger partial charge is 0.493 e. The predicted molar refractivity (Wildman–Crippen MR) is 168 cm³/mol. The van der Waals surface area contributed by atoms with Gasteiger partial charge < -0.3 is 4.74 Å². The summed E-state index contributed by atoms with van der Waals surface area (Å²) in [6.07, 6.45) is 9.15. The van der Waals surface area contributed by atoms with E-state index in [1.807, 2.05) is 71.0 Å². The first-order valence-corrected chi connectivity index (χ1v) is 15.4. The minimum Gasteiger partial charge on any atom is -0.493 e. The van der Waals surface area contributed by atoms with E-state index in [1.165, 1.54) is 31.2 Å². The van der Waals surface area contributed by atoms with Crippen molar-refractivity contribution in [3.63, 3.8) is 0 Å². The number of allylic oxidation sites excluding steroid dienone is 2.